The molecule has 0 aromatic heterocycles. The molecule has 0 fully saturated rings. The lowest BCUT2D eigenvalue weighted by atomic mass is 10.0. The van der Waals surface area contributed by atoms with Crippen molar-refractivity contribution in [3.63, 3.8) is 0 Å². The fraction of sp³-hybridized carbons (Fsp3) is 0.273. The molecule has 0 atom stereocenters. The third kappa shape index (κ3) is 3.85. The number of allylic oxidation sites excluding steroid dienone is 1. The molecule has 0 aliphatic heterocycles. The quantitative estimate of drug-likeness (QED) is 0.572. The largest absolute Gasteiger partial charge is 0.416 e. The van der Waals surface area contributed by atoms with E-state index >= 15 is 0 Å². The van der Waals surface area contributed by atoms with Gasteiger partial charge in [-0.2, -0.15) is 26.3 Å². The topological polar surface area (TPSA) is 0 Å². The standard InChI is InChI=1S/C11H6F6S/c12-10(13,14)8-4-7(2-1-3-18)5-9(6-8)11(15,16)17/h1,4-6H,2H2. The number of thiocarbonyl (C=S) groups is 1. The number of alkyl halides is 6. The molecule has 0 saturated heterocycles. The van der Waals surface area contributed by atoms with Crippen LogP contribution in [0.5, 0.6) is 0 Å². The van der Waals surface area contributed by atoms with E-state index in [0.717, 1.165) is 0 Å². The molecule has 0 amide bonds. The number of hydrogen-bond donors (Lipinski definition) is 0. The molecule has 0 heterocycles. The van der Waals surface area contributed by atoms with Crippen LogP contribution in [0.2, 0.25) is 0 Å². The molecule has 0 spiro atoms. The molecule has 18 heavy (non-hydrogen) atoms. The second-order valence-corrected chi connectivity index (χ2v) is 3.68. The highest BCUT2D eigenvalue weighted by Crippen LogP contribution is 2.36. The number of benzene rings is 1. The van der Waals surface area contributed by atoms with E-state index in [1.165, 1.54) is 6.08 Å². The van der Waals surface area contributed by atoms with Gasteiger partial charge in [0.2, 0.25) is 0 Å². The molecule has 0 unspecified atom stereocenters. The van der Waals surface area contributed by atoms with Crippen molar-refractivity contribution in [2.75, 3.05) is 0 Å². The first-order valence-electron chi connectivity index (χ1n) is 4.62. The monoisotopic (exact) mass is 284 g/mol. The second-order valence-electron chi connectivity index (χ2n) is 3.44. The summed E-state index contributed by atoms with van der Waals surface area (Å²) in [5.74, 6) is 0. The molecule has 0 bridgehead atoms. The van der Waals surface area contributed by atoms with Crippen molar-refractivity contribution >= 4 is 17.2 Å². The minimum absolute atomic E-state index is 0.0879. The van der Waals surface area contributed by atoms with Crippen LogP contribution in [0.15, 0.2) is 24.3 Å². The smallest absolute Gasteiger partial charge is 0.166 e. The third-order valence-electron chi connectivity index (χ3n) is 2.07. The fourth-order valence-corrected chi connectivity index (χ4v) is 1.38. The van der Waals surface area contributed by atoms with E-state index in [1.54, 1.807) is 0 Å². The predicted molar refractivity (Wildman–Crippen MR) is 57.3 cm³/mol. The lowest BCUT2D eigenvalue weighted by molar-refractivity contribution is -0.143. The Morgan fingerprint density at radius 1 is 0.944 bits per heavy atom. The summed E-state index contributed by atoms with van der Waals surface area (Å²) in [7, 11) is 0. The molecule has 0 nitrogen and oxygen atoms in total. The van der Waals surface area contributed by atoms with E-state index in [2.05, 4.69) is 17.2 Å². The van der Waals surface area contributed by atoms with Gasteiger partial charge in [0.25, 0.3) is 0 Å². The fourth-order valence-electron chi connectivity index (χ4n) is 1.30. The Kier molecular flexibility index (Phi) is 4.19. The molecule has 98 valence electrons. The Morgan fingerprint density at radius 3 is 1.72 bits per heavy atom. The highest BCUT2D eigenvalue weighted by molar-refractivity contribution is 7.78. The molecule has 0 saturated carbocycles. The van der Waals surface area contributed by atoms with E-state index in [-0.39, 0.29) is 18.1 Å². The Balaban J connectivity index is 3.33. The zero-order valence-electron chi connectivity index (χ0n) is 8.69. The van der Waals surface area contributed by atoms with E-state index < -0.39 is 23.5 Å². The normalized spacial score (nSPS) is 12.1. The Labute approximate surface area is 104 Å². The highest BCUT2D eigenvalue weighted by atomic mass is 32.1. The van der Waals surface area contributed by atoms with Gasteiger partial charge in [-0.3, -0.25) is 0 Å². The van der Waals surface area contributed by atoms with Gasteiger partial charge in [0.15, 0.2) is 0 Å². The Bertz CT molecular complexity index is 447. The second kappa shape index (κ2) is 5.12. The van der Waals surface area contributed by atoms with Gasteiger partial charge in [0.05, 0.1) is 11.1 Å². The first kappa shape index (κ1) is 14.7. The number of halogens is 6. The lowest BCUT2D eigenvalue weighted by Crippen LogP contribution is -2.11. The van der Waals surface area contributed by atoms with Crippen LogP contribution in [0.25, 0.3) is 0 Å². The maximum absolute atomic E-state index is 12.4. The molecule has 1 rings (SSSR count). The van der Waals surface area contributed by atoms with Gasteiger partial charge in [0.1, 0.15) is 0 Å². The summed E-state index contributed by atoms with van der Waals surface area (Å²) >= 11 is 4.31. The van der Waals surface area contributed by atoms with Crippen LogP contribution in [-0.2, 0) is 18.8 Å². The molecule has 0 aliphatic rings. The van der Waals surface area contributed by atoms with Gasteiger partial charge in [-0.05, 0) is 48.5 Å². The van der Waals surface area contributed by atoms with Crippen LogP contribution in [0, 0.1) is 0 Å². The zero-order valence-corrected chi connectivity index (χ0v) is 9.51. The van der Waals surface area contributed by atoms with E-state index in [0.29, 0.717) is 12.1 Å². The Morgan fingerprint density at radius 2 is 1.39 bits per heavy atom. The van der Waals surface area contributed by atoms with Crippen molar-refractivity contribution < 1.29 is 26.3 Å². The first-order valence-corrected chi connectivity index (χ1v) is 5.03. The summed E-state index contributed by atoms with van der Waals surface area (Å²) in [6.07, 6.45) is -8.59. The van der Waals surface area contributed by atoms with Gasteiger partial charge in [-0.15, -0.1) is 0 Å². The average Bonchev–Trinajstić information content (AvgIpc) is 2.23. The maximum atomic E-state index is 12.4. The molecule has 0 radical (unpaired) electrons. The van der Waals surface area contributed by atoms with Crippen molar-refractivity contribution in [3.8, 4) is 0 Å². The van der Waals surface area contributed by atoms with Gasteiger partial charge >= 0.3 is 12.4 Å². The van der Waals surface area contributed by atoms with Gasteiger partial charge < -0.3 is 0 Å². The SMILES string of the molecule is FC(F)(F)c1cc(CC=C=S)cc(C(F)(F)F)c1. The average molecular weight is 284 g/mol. The van der Waals surface area contributed by atoms with Crippen molar-refractivity contribution in [2.45, 2.75) is 18.8 Å². The summed E-state index contributed by atoms with van der Waals surface area (Å²) in [6.45, 7) is 0. The summed E-state index contributed by atoms with van der Waals surface area (Å²) < 4.78 is 74.7. The number of hydrogen-bond acceptors (Lipinski definition) is 1. The molecule has 1 aromatic rings. The highest BCUT2D eigenvalue weighted by Gasteiger charge is 2.36. The van der Waals surface area contributed by atoms with Crippen molar-refractivity contribution in [3.05, 3.63) is 41.0 Å². The molecule has 0 aliphatic carbocycles. The molecular weight excluding hydrogens is 278 g/mol. The predicted octanol–water partition coefficient (Wildman–Crippen LogP) is 4.42. The third-order valence-corrected chi connectivity index (χ3v) is 2.24. The van der Waals surface area contributed by atoms with E-state index in [9.17, 15) is 26.3 Å². The van der Waals surface area contributed by atoms with E-state index in [4.69, 9.17) is 0 Å². The maximum Gasteiger partial charge on any atom is 0.416 e. The summed E-state index contributed by atoms with van der Waals surface area (Å²) in [6, 6.07) is 1.42. The van der Waals surface area contributed by atoms with Crippen LogP contribution in [0.1, 0.15) is 16.7 Å². The van der Waals surface area contributed by atoms with Crippen molar-refractivity contribution in [2.24, 2.45) is 0 Å². The first-order chi connectivity index (χ1) is 8.14. The zero-order chi connectivity index (χ0) is 14.0. The molecular formula is C11H6F6S. The minimum atomic E-state index is -4.82. The minimum Gasteiger partial charge on any atom is -0.166 e. The number of rotatable bonds is 2. The van der Waals surface area contributed by atoms with Gasteiger partial charge in [0, 0.05) is 0 Å². The summed E-state index contributed by atoms with van der Waals surface area (Å²) in [5, 5.41) is 2.13. The summed E-state index contributed by atoms with van der Waals surface area (Å²) in [4.78, 5) is 0. The van der Waals surface area contributed by atoms with Crippen LogP contribution in [0.3, 0.4) is 0 Å². The lowest BCUT2D eigenvalue weighted by Gasteiger charge is -2.13. The molecule has 0 N–H and O–H groups in total. The van der Waals surface area contributed by atoms with Gasteiger partial charge in [-0.25, -0.2) is 0 Å². The van der Waals surface area contributed by atoms with Crippen molar-refractivity contribution in [1.82, 2.24) is 0 Å². The van der Waals surface area contributed by atoms with Crippen molar-refractivity contribution in [1.29, 1.82) is 0 Å². The molecule has 1 aromatic carbocycles. The molecule has 7 heteroatoms. The summed E-state index contributed by atoms with van der Waals surface area (Å²) in [5.41, 5.74) is -2.77. The van der Waals surface area contributed by atoms with Crippen LogP contribution in [0.4, 0.5) is 26.3 Å². The van der Waals surface area contributed by atoms with Crippen LogP contribution < -0.4 is 0 Å². The van der Waals surface area contributed by atoms with Crippen LogP contribution in [-0.4, -0.2) is 5.02 Å². The van der Waals surface area contributed by atoms with E-state index in [1.807, 2.05) is 0 Å². The van der Waals surface area contributed by atoms with Crippen LogP contribution >= 0.6 is 12.2 Å². The Hall–Kier alpha value is -1.33. The van der Waals surface area contributed by atoms with Gasteiger partial charge in [-0.1, -0.05) is 5.02 Å².